The smallest absolute Gasteiger partial charge is 0.126 e. The molecular formula is C21H27NO2. The molecule has 24 heavy (non-hydrogen) atoms. The van der Waals surface area contributed by atoms with E-state index in [1.54, 1.807) is 14.2 Å². The van der Waals surface area contributed by atoms with Crippen LogP contribution < -0.4 is 9.47 Å². The van der Waals surface area contributed by atoms with Gasteiger partial charge in [-0.3, -0.25) is 4.90 Å². The molecule has 0 fully saturated rings. The number of para-hydroxylation sites is 2. The van der Waals surface area contributed by atoms with E-state index in [1.165, 1.54) is 5.57 Å². The zero-order valence-electron chi connectivity index (χ0n) is 15.1. The molecule has 0 saturated heterocycles. The van der Waals surface area contributed by atoms with Crippen molar-refractivity contribution < 1.29 is 9.47 Å². The zero-order chi connectivity index (χ0) is 17.4. The lowest BCUT2D eigenvalue weighted by Gasteiger charge is -2.22. The quantitative estimate of drug-likeness (QED) is 0.663. The number of ether oxygens (including phenoxy) is 2. The Morgan fingerprint density at radius 1 is 0.875 bits per heavy atom. The average Bonchev–Trinajstić information content (AvgIpc) is 2.65. The van der Waals surface area contributed by atoms with Crippen LogP contribution in [0, 0.1) is 0 Å². The molecule has 2 rings (SSSR count). The summed E-state index contributed by atoms with van der Waals surface area (Å²) >= 11 is 0. The largest absolute Gasteiger partial charge is 0.496 e. The van der Waals surface area contributed by atoms with Gasteiger partial charge in [-0.15, -0.1) is 0 Å². The van der Waals surface area contributed by atoms with Gasteiger partial charge in [0.15, 0.2) is 0 Å². The van der Waals surface area contributed by atoms with Crippen molar-refractivity contribution in [3.8, 4) is 11.5 Å². The van der Waals surface area contributed by atoms with Crippen LogP contribution >= 0.6 is 0 Å². The van der Waals surface area contributed by atoms with Gasteiger partial charge in [0.25, 0.3) is 0 Å². The van der Waals surface area contributed by atoms with Crippen molar-refractivity contribution in [2.75, 3.05) is 33.9 Å². The molecule has 0 bridgehead atoms. The number of hydrogen-bond acceptors (Lipinski definition) is 3. The van der Waals surface area contributed by atoms with E-state index in [1.807, 2.05) is 30.3 Å². The Labute approximate surface area is 145 Å². The maximum atomic E-state index is 5.58. The average molecular weight is 325 g/mol. The normalized spacial score (nSPS) is 11.6. The Hall–Kier alpha value is -2.26. The van der Waals surface area contributed by atoms with E-state index >= 15 is 0 Å². The lowest BCUT2D eigenvalue weighted by molar-refractivity contribution is 0.342. The molecule has 0 radical (unpaired) electrons. The summed E-state index contributed by atoms with van der Waals surface area (Å²) in [4.78, 5) is 2.40. The highest BCUT2D eigenvalue weighted by Gasteiger charge is 2.12. The van der Waals surface area contributed by atoms with Gasteiger partial charge in [0.05, 0.1) is 14.2 Å². The van der Waals surface area contributed by atoms with Crippen LogP contribution in [-0.4, -0.2) is 38.8 Å². The van der Waals surface area contributed by atoms with Crippen molar-refractivity contribution in [1.82, 2.24) is 4.90 Å². The van der Waals surface area contributed by atoms with E-state index in [4.69, 9.17) is 9.47 Å². The van der Waals surface area contributed by atoms with Crippen LogP contribution in [0.25, 0.3) is 11.6 Å². The van der Waals surface area contributed by atoms with E-state index < -0.39 is 0 Å². The van der Waals surface area contributed by atoms with Crippen molar-refractivity contribution in [2.45, 2.75) is 13.8 Å². The van der Waals surface area contributed by atoms with Gasteiger partial charge in [-0.05, 0) is 36.9 Å². The molecule has 0 saturated carbocycles. The second-order valence-electron chi connectivity index (χ2n) is 5.57. The predicted molar refractivity (Wildman–Crippen MR) is 102 cm³/mol. The minimum Gasteiger partial charge on any atom is -0.496 e. The number of nitrogens with zero attached hydrogens (tertiary/aromatic N) is 1. The standard InChI is InChI=1S/C21H27NO2/c1-5-22(6-2)16-18(19-12-8-10-14-21(19)24-4)15-17-11-7-9-13-20(17)23-3/h7-15H,5-6,16H2,1-4H3. The summed E-state index contributed by atoms with van der Waals surface area (Å²) < 4.78 is 11.1. The lowest BCUT2D eigenvalue weighted by atomic mass is 10.0. The summed E-state index contributed by atoms with van der Waals surface area (Å²) in [6.07, 6.45) is 2.20. The van der Waals surface area contributed by atoms with E-state index in [0.29, 0.717) is 0 Å². The molecule has 0 N–H and O–H groups in total. The van der Waals surface area contributed by atoms with Crippen LogP contribution in [0.3, 0.4) is 0 Å². The van der Waals surface area contributed by atoms with Crippen molar-refractivity contribution in [1.29, 1.82) is 0 Å². The first-order valence-electron chi connectivity index (χ1n) is 8.42. The molecule has 3 heteroatoms. The summed E-state index contributed by atoms with van der Waals surface area (Å²) in [6, 6.07) is 16.3. The summed E-state index contributed by atoms with van der Waals surface area (Å²) in [5.41, 5.74) is 3.42. The van der Waals surface area contributed by atoms with Crippen LogP contribution in [0.2, 0.25) is 0 Å². The van der Waals surface area contributed by atoms with Gasteiger partial charge in [0.1, 0.15) is 11.5 Å². The summed E-state index contributed by atoms with van der Waals surface area (Å²) in [5, 5.41) is 0. The van der Waals surface area contributed by atoms with Crippen LogP contribution in [-0.2, 0) is 0 Å². The predicted octanol–water partition coefficient (Wildman–Crippen LogP) is 4.59. The number of likely N-dealkylation sites (N-methyl/N-ethyl adjacent to an activating group) is 1. The van der Waals surface area contributed by atoms with Gasteiger partial charge >= 0.3 is 0 Å². The first-order chi connectivity index (χ1) is 11.7. The molecule has 3 nitrogen and oxygen atoms in total. The van der Waals surface area contributed by atoms with Crippen molar-refractivity contribution in [3.05, 3.63) is 59.7 Å². The monoisotopic (exact) mass is 325 g/mol. The molecule has 0 aliphatic rings. The minimum atomic E-state index is 0.866. The highest BCUT2D eigenvalue weighted by atomic mass is 16.5. The molecule has 0 amide bonds. The molecule has 2 aromatic rings. The fourth-order valence-corrected chi connectivity index (χ4v) is 2.78. The maximum Gasteiger partial charge on any atom is 0.126 e. The molecular weight excluding hydrogens is 298 g/mol. The van der Waals surface area contributed by atoms with Gasteiger partial charge in [0, 0.05) is 17.7 Å². The Bertz CT molecular complexity index is 675. The van der Waals surface area contributed by atoms with Crippen LogP contribution in [0.15, 0.2) is 48.5 Å². The number of methoxy groups -OCH3 is 2. The van der Waals surface area contributed by atoms with Gasteiger partial charge in [-0.1, -0.05) is 50.2 Å². The third-order valence-electron chi connectivity index (χ3n) is 4.21. The molecule has 2 aromatic carbocycles. The molecule has 0 spiro atoms. The lowest BCUT2D eigenvalue weighted by Crippen LogP contribution is -2.25. The van der Waals surface area contributed by atoms with Crippen LogP contribution in [0.1, 0.15) is 25.0 Å². The highest BCUT2D eigenvalue weighted by Crippen LogP contribution is 2.30. The van der Waals surface area contributed by atoms with E-state index in [9.17, 15) is 0 Å². The number of benzene rings is 2. The van der Waals surface area contributed by atoms with Crippen molar-refractivity contribution >= 4 is 11.6 Å². The first kappa shape index (κ1) is 18.1. The second kappa shape index (κ2) is 9.14. The number of hydrogen-bond donors (Lipinski definition) is 0. The summed E-state index contributed by atoms with van der Waals surface area (Å²) in [6.45, 7) is 7.26. The number of rotatable bonds is 8. The first-order valence-corrected chi connectivity index (χ1v) is 8.42. The third kappa shape index (κ3) is 4.39. The Morgan fingerprint density at radius 3 is 2.08 bits per heavy atom. The zero-order valence-corrected chi connectivity index (χ0v) is 15.1. The SMILES string of the molecule is CCN(CC)CC(=Cc1ccccc1OC)c1ccccc1OC. The summed E-state index contributed by atoms with van der Waals surface area (Å²) in [5.74, 6) is 1.77. The molecule has 128 valence electrons. The van der Waals surface area contributed by atoms with E-state index in [0.717, 1.165) is 42.3 Å². The summed E-state index contributed by atoms with van der Waals surface area (Å²) in [7, 11) is 3.43. The van der Waals surface area contributed by atoms with Crippen molar-refractivity contribution in [3.63, 3.8) is 0 Å². The molecule has 0 unspecified atom stereocenters. The second-order valence-corrected chi connectivity index (χ2v) is 5.57. The van der Waals surface area contributed by atoms with Gasteiger partial charge in [0.2, 0.25) is 0 Å². The van der Waals surface area contributed by atoms with Gasteiger partial charge in [-0.2, -0.15) is 0 Å². The fraction of sp³-hybridized carbons (Fsp3) is 0.333. The van der Waals surface area contributed by atoms with Crippen molar-refractivity contribution in [2.24, 2.45) is 0 Å². The Morgan fingerprint density at radius 2 is 1.46 bits per heavy atom. The molecule has 0 aliphatic heterocycles. The Kier molecular flexibility index (Phi) is 6.89. The fourth-order valence-electron chi connectivity index (χ4n) is 2.78. The minimum absolute atomic E-state index is 0.866. The van der Waals surface area contributed by atoms with Gasteiger partial charge in [-0.25, -0.2) is 0 Å². The van der Waals surface area contributed by atoms with Crippen LogP contribution in [0.5, 0.6) is 11.5 Å². The third-order valence-corrected chi connectivity index (χ3v) is 4.21. The van der Waals surface area contributed by atoms with Gasteiger partial charge < -0.3 is 9.47 Å². The molecule has 0 atom stereocenters. The van der Waals surface area contributed by atoms with E-state index in [2.05, 4.69) is 43.0 Å². The molecule has 0 aliphatic carbocycles. The highest BCUT2D eigenvalue weighted by molar-refractivity contribution is 5.86. The van der Waals surface area contributed by atoms with E-state index in [-0.39, 0.29) is 0 Å². The topological polar surface area (TPSA) is 21.7 Å². The molecule has 0 aromatic heterocycles. The maximum absolute atomic E-state index is 5.58. The Balaban J connectivity index is 2.52. The van der Waals surface area contributed by atoms with Crippen LogP contribution in [0.4, 0.5) is 0 Å². The molecule has 0 heterocycles.